The molecule has 0 bridgehead atoms. The van der Waals surface area contributed by atoms with Crippen molar-refractivity contribution in [1.82, 2.24) is 14.1 Å². The lowest BCUT2D eigenvalue weighted by atomic mass is 10.1. The molecule has 0 spiro atoms. The molecule has 30 heavy (non-hydrogen) atoms. The van der Waals surface area contributed by atoms with Crippen molar-refractivity contribution >= 4 is 27.5 Å². The summed E-state index contributed by atoms with van der Waals surface area (Å²) in [5.74, 6) is 0.0271. The van der Waals surface area contributed by atoms with Crippen molar-refractivity contribution in [2.45, 2.75) is 25.3 Å². The lowest BCUT2D eigenvalue weighted by Gasteiger charge is -2.35. The lowest BCUT2D eigenvalue weighted by molar-refractivity contribution is -0.133. The number of amides is 1. The van der Waals surface area contributed by atoms with Gasteiger partial charge >= 0.3 is 0 Å². The first-order valence-electron chi connectivity index (χ1n) is 10.1. The maximum absolute atomic E-state index is 12.9. The number of halogens is 1. The summed E-state index contributed by atoms with van der Waals surface area (Å²) in [6.45, 7) is 7.19. The molecule has 0 aromatic heterocycles. The normalized spacial score (nSPS) is 15.5. The van der Waals surface area contributed by atoms with E-state index in [1.54, 1.807) is 23.1 Å². The number of carbonyl (C=O) groups excluding carboxylic acids is 1. The Morgan fingerprint density at radius 2 is 1.77 bits per heavy atom. The van der Waals surface area contributed by atoms with Crippen LogP contribution >= 0.6 is 11.6 Å². The molecule has 0 atom stereocenters. The van der Waals surface area contributed by atoms with Gasteiger partial charge in [-0.25, -0.2) is 8.42 Å². The number of carbonyl (C=O) groups is 1. The molecule has 1 aliphatic heterocycles. The summed E-state index contributed by atoms with van der Waals surface area (Å²) in [6, 6.07) is 14.7. The van der Waals surface area contributed by atoms with E-state index in [0.29, 0.717) is 26.2 Å². The van der Waals surface area contributed by atoms with Crippen molar-refractivity contribution < 1.29 is 13.2 Å². The monoisotopic (exact) mass is 449 g/mol. The van der Waals surface area contributed by atoms with Gasteiger partial charge in [-0.2, -0.15) is 4.31 Å². The van der Waals surface area contributed by atoms with Gasteiger partial charge in [0.05, 0.1) is 11.6 Å². The molecule has 0 saturated carbocycles. The van der Waals surface area contributed by atoms with Crippen LogP contribution in [0, 0.1) is 6.92 Å². The molecule has 1 fully saturated rings. The summed E-state index contributed by atoms with van der Waals surface area (Å²) in [4.78, 5) is 16.8. The lowest BCUT2D eigenvalue weighted by Crippen LogP contribution is -2.52. The first-order valence-corrected chi connectivity index (χ1v) is 11.9. The number of aryl methyl sites for hydroxylation is 1. The van der Waals surface area contributed by atoms with Crippen LogP contribution in [0.15, 0.2) is 53.4 Å². The third kappa shape index (κ3) is 5.40. The van der Waals surface area contributed by atoms with Gasteiger partial charge in [-0.05, 0) is 31.2 Å². The van der Waals surface area contributed by atoms with Crippen molar-refractivity contribution in [1.29, 1.82) is 0 Å². The fourth-order valence-corrected chi connectivity index (χ4v) is 5.53. The molecule has 1 amide bonds. The molecule has 2 aromatic carbocycles. The highest BCUT2D eigenvalue weighted by Crippen LogP contribution is 2.25. The van der Waals surface area contributed by atoms with Crippen LogP contribution in [0.1, 0.15) is 18.1 Å². The van der Waals surface area contributed by atoms with Crippen LogP contribution in [0.3, 0.4) is 0 Å². The van der Waals surface area contributed by atoms with Gasteiger partial charge in [0.1, 0.15) is 4.90 Å². The number of piperazine rings is 1. The minimum atomic E-state index is -3.66. The maximum atomic E-state index is 12.9. The van der Waals surface area contributed by atoms with Gasteiger partial charge in [0.25, 0.3) is 0 Å². The molecule has 0 radical (unpaired) electrons. The summed E-state index contributed by atoms with van der Waals surface area (Å²) in [5, 5.41) is 0.214. The number of sulfonamides is 1. The van der Waals surface area contributed by atoms with Gasteiger partial charge in [-0.15, -0.1) is 0 Å². The summed E-state index contributed by atoms with van der Waals surface area (Å²) < 4.78 is 27.1. The van der Waals surface area contributed by atoms with Crippen molar-refractivity contribution in [3.63, 3.8) is 0 Å². The number of hydrogen-bond acceptors (Lipinski definition) is 4. The minimum Gasteiger partial charge on any atom is -0.339 e. The van der Waals surface area contributed by atoms with Crippen LogP contribution in [0.4, 0.5) is 0 Å². The van der Waals surface area contributed by atoms with Crippen LogP contribution in [-0.2, 0) is 21.4 Å². The van der Waals surface area contributed by atoms with Crippen molar-refractivity contribution in [2.75, 3.05) is 39.3 Å². The molecule has 6 nitrogen and oxygen atoms in total. The molecule has 3 rings (SSSR count). The van der Waals surface area contributed by atoms with Gasteiger partial charge in [-0.3, -0.25) is 9.69 Å². The number of rotatable bonds is 7. The van der Waals surface area contributed by atoms with E-state index in [2.05, 4.69) is 30.0 Å². The number of likely N-dealkylation sites (N-methyl/N-ethyl adjacent to an activating group) is 1. The molecular formula is C22H28ClN3O3S. The zero-order valence-corrected chi connectivity index (χ0v) is 19.0. The van der Waals surface area contributed by atoms with Gasteiger partial charge < -0.3 is 4.90 Å². The van der Waals surface area contributed by atoms with Gasteiger partial charge in [-0.1, -0.05) is 60.5 Å². The fourth-order valence-electron chi connectivity index (χ4n) is 3.61. The Bertz CT molecular complexity index is 989. The van der Waals surface area contributed by atoms with E-state index in [0.717, 1.165) is 6.54 Å². The number of hydrogen-bond donors (Lipinski definition) is 0. The topological polar surface area (TPSA) is 60.9 Å². The highest BCUT2D eigenvalue weighted by atomic mass is 35.5. The van der Waals surface area contributed by atoms with E-state index in [1.165, 1.54) is 21.5 Å². The molecule has 8 heteroatoms. The van der Waals surface area contributed by atoms with Crippen LogP contribution in [0.5, 0.6) is 0 Å². The first-order chi connectivity index (χ1) is 14.3. The quantitative estimate of drug-likeness (QED) is 0.652. The Labute approximate surface area is 184 Å². The third-order valence-electron chi connectivity index (χ3n) is 5.34. The average molecular weight is 450 g/mol. The van der Waals surface area contributed by atoms with Crippen molar-refractivity contribution in [2.24, 2.45) is 0 Å². The van der Waals surface area contributed by atoms with E-state index in [4.69, 9.17) is 11.6 Å². The SMILES string of the molecule is CCN(CC(=O)N1CCN(S(=O)(=O)c2ccccc2Cl)CC1)Cc1cccc(C)c1. The summed E-state index contributed by atoms with van der Waals surface area (Å²) >= 11 is 6.08. The zero-order chi connectivity index (χ0) is 21.7. The molecule has 1 saturated heterocycles. The van der Waals surface area contributed by atoms with E-state index in [9.17, 15) is 13.2 Å². The largest absolute Gasteiger partial charge is 0.339 e. The second-order valence-corrected chi connectivity index (χ2v) is 9.82. The van der Waals surface area contributed by atoms with Gasteiger partial charge in [0.2, 0.25) is 15.9 Å². The predicted octanol–water partition coefficient (Wildman–Crippen LogP) is 3.00. The van der Waals surface area contributed by atoms with E-state index in [-0.39, 0.29) is 28.9 Å². The summed E-state index contributed by atoms with van der Waals surface area (Å²) in [7, 11) is -3.66. The first kappa shape index (κ1) is 22.7. The second kappa shape index (κ2) is 9.92. The molecule has 162 valence electrons. The van der Waals surface area contributed by atoms with E-state index in [1.807, 2.05) is 13.0 Å². The number of benzene rings is 2. The van der Waals surface area contributed by atoms with Crippen molar-refractivity contribution in [3.05, 3.63) is 64.7 Å². The molecule has 2 aromatic rings. The molecule has 0 N–H and O–H groups in total. The summed E-state index contributed by atoms with van der Waals surface area (Å²) in [6.07, 6.45) is 0. The van der Waals surface area contributed by atoms with Crippen LogP contribution in [0.25, 0.3) is 0 Å². The van der Waals surface area contributed by atoms with Crippen LogP contribution < -0.4 is 0 Å². The van der Waals surface area contributed by atoms with Gasteiger partial charge in [0.15, 0.2) is 0 Å². The highest BCUT2D eigenvalue weighted by Gasteiger charge is 2.31. The van der Waals surface area contributed by atoms with E-state index >= 15 is 0 Å². The third-order valence-corrected chi connectivity index (χ3v) is 7.74. The Hall–Kier alpha value is -1.93. The average Bonchev–Trinajstić information content (AvgIpc) is 2.73. The highest BCUT2D eigenvalue weighted by molar-refractivity contribution is 7.89. The second-order valence-electron chi connectivity index (χ2n) is 7.51. The Morgan fingerprint density at radius 1 is 1.07 bits per heavy atom. The van der Waals surface area contributed by atoms with Gasteiger partial charge in [0, 0.05) is 32.7 Å². The molecule has 0 aliphatic carbocycles. The molecule has 1 aliphatic rings. The van der Waals surface area contributed by atoms with Crippen molar-refractivity contribution in [3.8, 4) is 0 Å². The Morgan fingerprint density at radius 3 is 2.40 bits per heavy atom. The Kier molecular flexibility index (Phi) is 7.52. The molecule has 0 unspecified atom stereocenters. The minimum absolute atomic E-state index is 0.0271. The smallest absolute Gasteiger partial charge is 0.244 e. The summed E-state index contributed by atoms with van der Waals surface area (Å²) in [5.41, 5.74) is 2.38. The molecule has 1 heterocycles. The Balaban J connectivity index is 1.57. The standard InChI is InChI=1S/C22H28ClN3O3S/c1-3-24(16-19-8-6-7-18(2)15-19)17-22(27)25-11-13-26(14-12-25)30(28,29)21-10-5-4-9-20(21)23/h4-10,15H,3,11-14,16-17H2,1-2H3. The van der Waals surface area contributed by atoms with Crippen LogP contribution in [0.2, 0.25) is 5.02 Å². The molecular weight excluding hydrogens is 422 g/mol. The zero-order valence-electron chi connectivity index (χ0n) is 17.4. The van der Waals surface area contributed by atoms with E-state index < -0.39 is 10.0 Å². The fraction of sp³-hybridized carbons (Fsp3) is 0.409. The predicted molar refractivity (Wildman–Crippen MR) is 119 cm³/mol. The van der Waals surface area contributed by atoms with Crippen LogP contribution in [-0.4, -0.2) is 67.7 Å². The maximum Gasteiger partial charge on any atom is 0.244 e. The number of nitrogens with zero attached hydrogens (tertiary/aromatic N) is 3.